The largest absolute Gasteiger partial charge is 0.330 e. The summed E-state index contributed by atoms with van der Waals surface area (Å²) in [6.07, 6.45) is 1.59. The van der Waals surface area contributed by atoms with Gasteiger partial charge in [-0.3, -0.25) is 4.79 Å². The summed E-state index contributed by atoms with van der Waals surface area (Å²) in [5.74, 6) is -0.116. The molecule has 0 spiro atoms. The Morgan fingerprint density at radius 1 is 1.41 bits per heavy atom. The van der Waals surface area contributed by atoms with Crippen LogP contribution in [0, 0.1) is 5.82 Å². The molecule has 0 saturated carbocycles. The highest BCUT2D eigenvalue weighted by Crippen LogP contribution is 2.10. The highest BCUT2D eigenvalue weighted by atomic mass is 19.1. The van der Waals surface area contributed by atoms with Crippen molar-refractivity contribution in [1.29, 1.82) is 0 Å². The number of aromatic nitrogens is 3. The van der Waals surface area contributed by atoms with Crippen LogP contribution in [0.15, 0.2) is 29.2 Å². The molecule has 0 amide bonds. The summed E-state index contributed by atoms with van der Waals surface area (Å²) in [7, 11) is 0. The molecule has 2 aromatic rings. The molecular weight excluding hydrogens is 223 g/mol. The number of hydrogen-bond acceptors (Lipinski definition) is 4. The molecule has 0 saturated heterocycles. The molecule has 0 fully saturated rings. The summed E-state index contributed by atoms with van der Waals surface area (Å²) >= 11 is 0. The van der Waals surface area contributed by atoms with Gasteiger partial charge in [0, 0.05) is 18.2 Å². The van der Waals surface area contributed by atoms with Gasteiger partial charge in [0.2, 0.25) is 0 Å². The Morgan fingerprint density at radius 2 is 2.24 bits per heavy atom. The molecule has 2 aromatic heterocycles. The quantitative estimate of drug-likeness (QED) is 0.808. The van der Waals surface area contributed by atoms with E-state index in [2.05, 4.69) is 15.0 Å². The van der Waals surface area contributed by atoms with Gasteiger partial charge in [0.1, 0.15) is 11.5 Å². The first kappa shape index (κ1) is 11.4. The second kappa shape index (κ2) is 4.84. The first-order valence-corrected chi connectivity index (χ1v) is 5.11. The number of rotatable bonds is 3. The van der Waals surface area contributed by atoms with E-state index in [0.717, 1.165) is 6.20 Å². The van der Waals surface area contributed by atoms with Gasteiger partial charge in [-0.2, -0.15) is 0 Å². The maximum absolute atomic E-state index is 12.7. The van der Waals surface area contributed by atoms with E-state index in [-0.39, 0.29) is 5.56 Å². The van der Waals surface area contributed by atoms with Crippen LogP contribution in [0.1, 0.15) is 5.69 Å². The lowest BCUT2D eigenvalue weighted by Gasteiger charge is -2.02. The minimum atomic E-state index is -0.436. The number of nitrogens with one attached hydrogen (secondary N) is 1. The van der Waals surface area contributed by atoms with Crippen molar-refractivity contribution in [2.24, 2.45) is 5.73 Å². The first-order chi connectivity index (χ1) is 8.19. The maximum atomic E-state index is 12.7. The Hall–Kier alpha value is -2.08. The zero-order valence-corrected chi connectivity index (χ0v) is 8.98. The van der Waals surface area contributed by atoms with Crippen LogP contribution in [0.2, 0.25) is 0 Å². The number of pyridine rings is 1. The predicted octanol–water partition coefficient (Wildman–Crippen LogP) is 0.472. The molecule has 17 heavy (non-hydrogen) atoms. The van der Waals surface area contributed by atoms with Gasteiger partial charge >= 0.3 is 0 Å². The van der Waals surface area contributed by atoms with Crippen LogP contribution in [-0.2, 0) is 6.42 Å². The van der Waals surface area contributed by atoms with Crippen LogP contribution in [0.4, 0.5) is 4.39 Å². The Labute approximate surface area is 96.5 Å². The van der Waals surface area contributed by atoms with Crippen molar-refractivity contribution in [2.75, 3.05) is 6.54 Å². The summed E-state index contributed by atoms with van der Waals surface area (Å²) in [4.78, 5) is 22.0. The Bertz CT molecular complexity index is 564. The van der Waals surface area contributed by atoms with E-state index in [0.29, 0.717) is 30.2 Å². The van der Waals surface area contributed by atoms with E-state index in [9.17, 15) is 9.18 Å². The fourth-order valence-electron chi connectivity index (χ4n) is 1.42. The van der Waals surface area contributed by atoms with Gasteiger partial charge in [0.25, 0.3) is 5.56 Å². The lowest BCUT2D eigenvalue weighted by atomic mass is 10.2. The second-order valence-electron chi connectivity index (χ2n) is 3.49. The third-order valence-electron chi connectivity index (χ3n) is 2.17. The molecule has 6 heteroatoms. The van der Waals surface area contributed by atoms with E-state index < -0.39 is 5.82 Å². The lowest BCUT2D eigenvalue weighted by Crippen LogP contribution is -2.13. The van der Waals surface area contributed by atoms with Gasteiger partial charge in [0.15, 0.2) is 5.82 Å². The molecule has 2 heterocycles. The Balaban J connectivity index is 2.44. The zero-order valence-electron chi connectivity index (χ0n) is 8.98. The fraction of sp³-hybridized carbons (Fsp3) is 0.182. The van der Waals surface area contributed by atoms with Crippen molar-refractivity contribution in [3.63, 3.8) is 0 Å². The summed E-state index contributed by atoms with van der Waals surface area (Å²) < 4.78 is 12.7. The molecular formula is C11H11FN4O. The average molecular weight is 234 g/mol. The van der Waals surface area contributed by atoms with E-state index in [4.69, 9.17) is 5.73 Å². The van der Waals surface area contributed by atoms with E-state index in [1.165, 1.54) is 18.2 Å². The van der Waals surface area contributed by atoms with Gasteiger partial charge < -0.3 is 10.7 Å². The van der Waals surface area contributed by atoms with Crippen molar-refractivity contribution in [2.45, 2.75) is 6.42 Å². The lowest BCUT2D eigenvalue weighted by molar-refractivity contribution is 0.621. The number of aromatic amines is 1. The number of H-pyrrole nitrogens is 1. The summed E-state index contributed by atoms with van der Waals surface area (Å²) in [5.41, 5.74) is 6.14. The molecule has 0 bridgehead atoms. The molecule has 0 aliphatic carbocycles. The number of nitrogens with two attached hydrogens (primary N) is 1. The van der Waals surface area contributed by atoms with Gasteiger partial charge in [0.05, 0.1) is 6.20 Å². The molecule has 0 aliphatic rings. The van der Waals surface area contributed by atoms with Crippen LogP contribution in [-0.4, -0.2) is 21.5 Å². The molecule has 0 radical (unpaired) electrons. The smallest absolute Gasteiger partial charge is 0.251 e. The second-order valence-corrected chi connectivity index (χ2v) is 3.49. The molecule has 0 aliphatic heterocycles. The third kappa shape index (κ3) is 2.73. The van der Waals surface area contributed by atoms with Gasteiger partial charge in [-0.05, 0) is 18.7 Å². The minimum absolute atomic E-state index is 0.274. The summed E-state index contributed by atoms with van der Waals surface area (Å²) in [6.45, 7) is 0.409. The molecule has 0 unspecified atom stereocenters. The molecule has 5 nitrogen and oxygen atoms in total. The normalized spacial score (nSPS) is 10.5. The third-order valence-corrected chi connectivity index (χ3v) is 2.17. The van der Waals surface area contributed by atoms with Crippen molar-refractivity contribution < 1.29 is 4.39 Å². The molecule has 88 valence electrons. The summed E-state index contributed by atoms with van der Waals surface area (Å²) in [6, 6.07) is 4.11. The van der Waals surface area contributed by atoms with Crippen LogP contribution >= 0.6 is 0 Å². The Morgan fingerprint density at radius 3 is 2.88 bits per heavy atom. The molecule has 3 N–H and O–H groups in total. The topological polar surface area (TPSA) is 84.7 Å². The zero-order chi connectivity index (χ0) is 12.3. The minimum Gasteiger partial charge on any atom is -0.330 e. The van der Waals surface area contributed by atoms with E-state index >= 15 is 0 Å². The number of halogens is 1. The average Bonchev–Trinajstić information content (AvgIpc) is 2.29. The highest BCUT2D eigenvalue weighted by molar-refractivity contribution is 5.48. The van der Waals surface area contributed by atoms with Crippen molar-refractivity contribution in [1.82, 2.24) is 15.0 Å². The van der Waals surface area contributed by atoms with E-state index in [1.807, 2.05) is 0 Å². The van der Waals surface area contributed by atoms with Gasteiger partial charge in [-0.15, -0.1) is 0 Å². The van der Waals surface area contributed by atoms with Crippen LogP contribution < -0.4 is 11.3 Å². The monoisotopic (exact) mass is 234 g/mol. The van der Waals surface area contributed by atoms with E-state index in [1.54, 1.807) is 0 Å². The molecule has 2 rings (SSSR count). The Kier molecular flexibility index (Phi) is 3.24. The SMILES string of the molecule is NCCc1cc(=O)[nH]c(-c2ccc(F)cn2)n1. The van der Waals surface area contributed by atoms with Crippen molar-refractivity contribution in [3.05, 3.63) is 46.3 Å². The predicted molar refractivity (Wildman–Crippen MR) is 60.8 cm³/mol. The van der Waals surface area contributed by atoms with Crippen LogP contribution in [0.3, 0.4) is 0 Å². The standard InChI is InChI=1S/C11H11FN4O/c12-7-1-2-9(14-6-7)11-15-8(3-4-13)5-10(17)16-11/h1-2,5-6H,3-4,13H2,(H,15,16,17). The number of hydrogen-bond donors (Lipinski definition) is 2. The molecule has 0 atom stereocenters. The van der Waals surface area contributed by atoms with Crippen LogP contribution in [0.5, 0.6) is 0 Å². The highest BCUT2D eigenvalue weighted by Gasteiger charge is 2.05. The maximum Gasteiger partial charge on any atom is 0.251 e. The van der Waals surface area contributed by atoms with Gasteiger partial charge in [-0.1, -0.05) is 0 Å². The van der Waals surface area contributed by atoms with Crippen LogP contribution in [0.25, 0.3) is 11.5 Å². The summed E-state index contributed by atoms with van der Waals surface area (Å²) in [5, 5.41) is 0. The first-order valence-electron chi connectivity index (χ1n) is 5.11. The molecule has 0 aromatic carbocycles. The van der Waals surface area contributed by atoms with Crippen molar-refractivity contribution in [3.8, 4) is 11.5 Å². The van der Waals surface area contributed by atoms with Crippen molar-refractivity contribution >= 4 is 0 Å². The fourth-order valence-corrected chi connectivity index (χ4v) is 1.42. The number of nitrogens with zero attached hydrogens (tertiary/aromatic N) is 2. The van der Waals surface area contributed by atoms with Gasteiger partial charge in [-0.25, -0.2) is 14.4 Å².